The highest BCUT2D eigenvalue weighted by molar-refractivity contribution is 6.34. The number of hydrogen-bond donors (Lipinski definition) is 3. The first-order chi connectivity index (χ1) is 8.58. The van der Waals surface area contributed by atoms with Gasteiger partial charge < -0.3 is 15.7 Å². The molecule has 0 radical (unpaired) electrons. The van der Waals surface area contributed by atoms with Crippen LogP contribution in [0, 0.1) is 0 Å². The van der Waals surface area contributed by atoms with Gasteiger partial charge in [-0.3, -0.25) is 4.79 Å². The van der Waals surface area contributed by atoms with E-state index in [1.807, 2.05) is 6.92 Å². The quantitative estimate of drug-likeness (QED) is 0.703. The van der Waals surface area contributed by atoms with E-state index >= 15 is 0 Å². The van der Waals surface area contributed by atoms with Gasteiger partial charge in [-0.2, -0.15) is 0 Å². The van der Waals surface area contributed by atoms with E-state index in [9.17, 15) is 9.90 Å². The fraction of sp³-hybridized carbons (Fsp3) is 0.417. The van der Waals surface area contributed by atoms with E-state index in [4.69, 9.17) is 23.2 Å². The summed E-state index contributed by atoms with van der Waals surface area (Å²) in [7, 11) is 0. The van der Waals surface area contributed by atoms with Crippen molar-refractivity contribution in [1.29, 1.82) is 0 Å². The van der Waals surface area contributed by atoms with Gasteiger partial charge in [0.15, 0.2) is 0 Å². The molecule has 1 aromatic carbocycles. The highest BCUT2D eigenvalue weighted by Gasteiger charge is 2.10. The monoisotopic (exact) mass is 290 g/mol. The summed E-state index contributed by atoms with van der Waals surface area (Å²) >= 11 is 11.4. The van der Waals surface area contributed by atoms with Crippen LogP contribution in [0.1, 0.15) is 17.3 Å². The van der Waals surface area contributed by atoms with E-state index in [1.165, 1.54) is 0 Å². The number of aliphatic hydroxyl groups is 1. The summed E-state index contributed by atoms with van der Waals surface area (Å²) in [4.78, 5) is 11.7. The van der Waals surface area contributed by atoms with Crippen LogP contribution in [0.5, 0.6) is 0 Å². The number of anilines is 1. The molecule has 0 fully saturated rings. The van der Waals surface area contributed by atoms with Crippen LogP contribution in [0.4, 0.5) is 5.69 Å². The Labute approximate surface area is 116 Å². The van der Waals surface area contributed by atoms with Crippen LogP contribution in [0.15, 0.2) is 18.2 Å². The van der Waals surface area contributed by atoms with Gasteiger partial charge in [0.25, 0.3) is 5.91 Å². The van der Waals surface area contributed by atoms with E-state index in [0.29, 0.717) is 29.4 Å². The average molecular weight is 291 g/mol. The van der Waals surface area contributed by atoms with Crippen LogP contribution in [-0.4, -0.2) is 36.1 Å². The molecule has 0 saturated carbocycles. The zero-order chi connectivity index (χ0) is 13.5. The number of rotatable bonds is 6. The number of carbonyl (C=O) groups excluding carboxylic acids is 1. The minimum atomic E-state index is -0.629. The summed E-state index contributed by atoms with van der Waals surface area (Å²) < 4.78 is 0. The van der Waals surface area contributed by atoms with Crippen molar-refractivity contribution in [3.8, 4) is 0 Å². The molecule has 18 heavy (non-hydrogen) atoms. The predicted molar refractivity (Wildman–Crippen MR) is 74.7 cm³/mol. The van der Waals surface area contributed by atoms with E-state index in [2.05, 4.69) is 10.6 Å². The molecule has 3 N–H and O–H groups in total. The second-order valence-corrected chi connectivity index (χ2v) is 4.46. The maximum absolute atomic E-state index is 11.7. The van der Waals surface area contributed by atoms with Gasteiger partial charge in [0.1, 0.15) is 0 Å². The molecular formula is C12H16Cl2N2O2. The molecule has 0 heterocycles. The van der Waals surface area contributed by atoms with Crippen molar-refractivity contribution in [3.05, 3.63) is 28.8 Å². The number of carbonyl (C=O) groups is 1. The molecular weight excluding hydrogens is 275 g/mol. The summed E-state index contributed by atoms with van der Waals surface area (Å²) in [6.07, 6.45) is -0.629. The number of aliphatic hydroxyl groups excluding tert-OH is 1. The van der Waals surface area contributed by atoms with Gasteiger partial charge in [0, 0.05) is 18.8 Å². The van der Waals surface area contributed by atoms with Crippen LogP contribution in [0.25, 0.3) is 0 Å². The number of nitrogens with one attached hydrogen (secondary N) is 2. The lowest BCUT2D eigenvalue weighted by molar-refractivity contribution is 0.0956. The summed E-state index contributed by atoms with van der Waals surface area (Å²) in [6, 6.07) is 5.03. The Morgan fingerprint density at radius 1 is 1.50 bits per heavy atom. The van der Waals surface area contributed by atoms with Gasteiger partial charge in [-0.15, -0.1) is 11.6 Å². The summed E-state index contributed by atoms with van der Waals surface area (Å²) in [5.74, 6) is -0.0620. The number of hydrogen-bond acceptors (Lipinski definition) is 3. The molecule has 100 valence electrons. The molecule has 0 aromatic heterocycles. The first-order valence-electron chi connectivity index (χ1n) is 5.64. The lowest BCUT2D eigenvalue weighted by Gasteiger charge is -2.12. The van der Waals surface area contributed by atoms with Crippen LogP contribution in [-0.2, 0) is 0 Å². The van der Waals surface area contributed by atoms with Crippen LogP contribution in [0.3, 0.4) is 0 Å². The molecule has 0 aliphatic heterocycles. The molecule has 0 bridgehead atoms. The smallest absolute Gasteiger partial charge is 0.252 e. The highest BCUT2D eigenvalue weighted by Crippen LogP contribution is 2.20. The molecule has 0 aliphatic carbocycles. The van der Waals surface area contributed by atoms with E-state index in [-0.39, 0.29) is 11.8 Å². The van der Waals surface area contributed by atoms with Crippen molar-refractivity contribution in [2.75, 3.05) is 24.3 Å². The minimum Gasteiger partial charge on any atom is -0.390 e. The molecule has 6 heteroatoms. The van der Waals surface area contributed by atoms with Gasteiger partial charge in [-0.1, -0.05) is 11.6 Å². The first-order valence-corrected chi connectivity index (χ1v) is 6.55. The van der Waals surface area contributed by atoms with Crippen molar-refractivity contribution in [1.82, 2.24) is 5.32 Å². The Hall–Kier alpha value is -0.970. The molecule has 1 rings (SSSR count). The molecule has 1 atom stereocenters. The maximum atomic E-state index is 11.7. The number of benzene rings is 1. The molecule has 0 aliphatic rings. The normalized spacial score (nSPS) is 12.0. The van der Waals surface area contributed by atoms with Gasteiger partial charge in [-0.25, -0.2) is 0 Å². The van der Waals surface area contributed by atoms with Gasteiger partial charge in [-0.05, 0) is 25.1 Å². The maximum Gasteiger partial charge on any atom is 0.252 e. The Balaban J connectivity index is 2.77. The molecule has 1 unspecified atom stereocenters. The van der Waals surface area contributed by atoms with Crippen LogP contribution in [0.2, 0.25) is 5.02 Å². The Bertz CT molecular complexity index is 413. The third kappa shape index (κ3) is 4.37. The fourth-order valence-electron chi connectivity index (χ4n) is 1.36. The number of amides is 1. The molecule has 4 nitrogen and oxygen atoms in total. The van der Waals surface area contributed by atoms with Crippen molar-refractivity contribution in [2.24, 2.45) is 0 Å². The third-order valence-electron chi connectivity index (χ3n) is 2.27. The second kappa shape index (κ2) is 7.46. The average Bonchev–Trinajstić information content (AvgIpc) is 2.37. The first kappa shape index (κ1) is 15.1. The zero-order valence-electron chi connectivity index (χ0n) is 10.0. The van der Waals surface area contributed by atoms with Crippen molar-refractivity contribution >= 4 is 34.8 Å². The van der Waals surface area contributed by atoms with Gasteiger partial charge in [0.2, 0.25) is 0 Å². The molecule has 1 aromatic rings. The van der Waals surface area contributed by atoms with Crippen molar-refractivity contribution in [2.45, 2.75) is 13.0 Å². The van der Waals surface area contributed by atoms with Crippen molar-refractivity contribution in [3.63, 3.8) is 0 Å². The fourth-order valence-corrected chi connectivity index (χ4v) is 1.67. The van der Waals surface area contributed by atoms with Gasteiger partial charge in [0.05, 0.1) is 22.6 Å². The summed E-state index contributed by atoms with van der Waals surface area (Å²) in [5, 5.41) is 15.4. The molecule has 0 saturated heterocycles. The topological polar surface area (TPSA) is 61.4 Å². The molecule has 0 spiro atoms. The minimum absolute atomic E-state index is 0.157. The largest absolute Gasteiger partial charge is 0.390 e. The summed E-state index contributed by atoms with van der Waals surface area (Å²) in [5.41, 5.74) is 1.12. The number of halogens is 2. The van der Waals surface area contributed by atoms with E-state index < -0.39 is 6.10 Å². The van der Waals surface area contributed by atoms with Crippen molar-refractivity contribution < 1.29 is 9.90 Å². The van der Waals surface area contributed by atoms with Gasteiger partial charge >= 0.3 is 0 Å². The lowest BCUT2D eigenvalue weighted by atomic mass is 10.2. The van der Waals surface area contributed by atoms with Crippen LogP contribution < -0.4 is 10.6 Å². The standard InChI is InChI=1S/C12H16Cl2N2O2/c1-2-15-12(18)10-5-8(3-4-11(10)14)16-7-9(17)6-13/h3-5,9,16-17H,2,6-7H2,1H3,(H,15,18). The Kier molecular flexibility index (Phi) is 6.25. The Morgan fingerprint density at radius 3 is 2.83 bits per heavy atom. The third-order valence-corrected chi connectivity index (χ3v) is 2.95. The highest BCUT2D eigenvalue weighted by atomic mass is 35.5. The lowest BCUT2D eigenvalue weighted by Crippen LogP contribution is -2.24. The molecule has 1 amide bonds. The second-order valence-electron chi connectivity index (χ2n) is 3.74. The predicted octanol–water partition coefficient (Wildman–Crippen LogP) is 2.10. The Morgan fingerprint density at radius 2 is 2.22 bits per heavy atom. The SMILES string of the molecule is CCNC(=O)c1cc(NCC(O)CCl)ccc1Cl. The zero-order valence-corrected chi connectivity index (χ0v) is 11.6. The van der Waals surface area contributed by atoms with E-state index in [0.717, 1.165) is 0 Å². The van der Waals surface area contributed by atoms with E-state index in [1.54, 1.807) is 18.2 Å². The van der Waals surface area contributed by atoms with Crippen LogP contribution >= 0.6 is 23.2 Å². The summed E-state index contributed by atoms with van der Waals surface area (Å²) in [6.45, 7) is 2.70. The number of alkyl halides is 1.